The number of carbonyl (C=O) groups is 2. The highest BCUT2D eigenvalue weighted by Gasteiger charge is 2.12. The number of carboxylic acids is 1. The summed E-state index contributed by atoms with van der Waals surface area (Å²) >= 11 is 0. The SMILES string of the molecule is Cc1cc(C(=O)Nc2cc(C(=O)O)ccc2C)n[nH]1. The number of aromatic carboxylic acids is 1. The van der Waals surface area contributed by atoms with E-state index in [2.05, 4.69) is 15.5 Å². The Morgan fingerprint density at radius 2 is 2.00 bits per heavy atom. The molecule has 0 aliphatic rings. The molecule has 6 heteroatoms. The molecule has 0 saturated heterocycles. The van der Waals surface area contributed by atoms with Gasteiger partial charge in [0.05, 0.1) is 5.56 Å². The van der Waals surface area contributed by atoms with Gasteiger partial charge in [-0.05, 0) is 37.6 Å². The lowest BCUT2D eigenvalue weighted by atomic mass is 10.1. The average molecular weight is 259 g/mol. The number of aromatic amines is 1. The van der Waals surface area contributed by atoms with E-state index in [1.807, 2.05) is 0 Å². The van der Waals surface area contributed by atoms with E-state index in [0.29, 0.717) is 5.69 Å². The summed E-state index contributed by atoms with van der Waals surface area (Å²) in [7, 11) is 0. The molecule has 98 valence electrons. The van der Waals surface area contributed by atoms with Gasteiger partial charge in [-0.25, -0.2) is 4.79 Å². The second kappa shape index (κ2) is 4.93. The van der Waals surface area contributed by atoms with E-state index in [9.17, 15) is 9.59 Å². The number of rotatable bonds is 3. The summed E-state index contributed by atoms with van der Waals surface area (Å²) in [5, 5.41) is 18.1. The first-order valence-corrected chi connectivity index (χ1v) is 5.64. The smallest absolute Gasteiger partial charge is 0.335 e. The van der Waals surface area contributed by atoms with Crippen molar-refractivity contribution >= 4 is 17.6 Å². The molecule has 0 aliphatic carbocycles. The molecule has 0 atom stereocenters. The number of anilines is 1. The number of nitrogens with one attached hydrogen (secondary N) is 2. The topological polar surface area (TPSA) is 95.1 Å². The summed E-state index contributed by atoms with van der Waals surface area (Å²) < 4.78 is 0. The number of carbonyl (C=O) groups excluding carboxylic acids is 1. The Hall–Kier alpha value is -2.63. The van der Waals surface area contributed by atoms with Crippen molar-refractivity contribution in [2.45, 2.75) is 13.8 Å². The molecule has 0 unspecified atom stereocenters. The summed E-state index contributed by atoms with van der Waals surface area (Å²) in [5.41, 5.74) is 2.41. The molecule has 1 aromatic heterocycles. The second-order valence-electron chi connectivity index (χ2n) is 4.23. The maximum atomic E-state index is 11.9. The lowest BCUT2D eigenvalue weighted by Crippen LogP contribution is -2.14. The van der Waals surface area contributed by atoms with E-state index >= 15 is 0 Å². The van der Waals surface area contributed by atoms with Crippen LogP contribution in [0.15, 0.2) is 24.3 Å². The number of aryl methyl sites for hydroxylation is 2. The number of nitrogens with zero attached hydrogens (tertiary/aromatic N) is 1. The highest BCUT2D eigenvalue weighted by Crippen LogP contribution is 2.17. The number of aromatic nitrogens is 2. The fourth-order valence-corrected chi connectivity index (χ4v) is 1.61. The lowest BCUT2D eigenvalue weighted by molar-refractivity contribution is 0.0696. The van der Waals surface area contributed by atoms with Crippen LogP contribution in [0.2, 0.25) is 0 Å². The van der Waals surface area contributed by atoms with E-state index in [4.69, 9.17) is 5.11 Å². The minimum Gasteiger partial charge on any atom is -0.478 e. The van der Waals surface area contributed by atoms with Crippen molar-refractivity contribution in [3.63, 3.8) is 0 Å². The van der Waals surface area contributed by atoms with Crippen LogP contribution in [0.1, 0.15) is 32.1 Å². The van der Waals surface area contributed by atoms with Crippen molar-refractivity contribution in [2.24, 2.45) is 0 Å². The molecule has 0 saturated carbocycles. The Kier molecular flexibility index (Phi) is 3.33. The monoisotopic (exact) mass is 259 g/mol. The fourth-order valence-electron chi connectivity index (χ4n) is 1.61. The summed E-state index contributed by atoms with van der Waals surface area (Å²) in [6.45, 7) is 3.58. The van der Waals surface area contributed by atoms with Crippen LogP contribution in [-0.4, -0.2) is 27.2 Å². The summed E-state index contributed by atoms with van der Waals surface area (Å²) in [5.74, 6) is -1.42. The number of amides is 1. The first-order valence-electron chi connectivity index (χ1n) is 5.64. The molecule has 0 spiro atoms. The molecule has 0 radical (unpaired) electrons. The zero-order chi connectivity index (χ0) is 14.0. The Bertz CT molecular complexity index is 646. The van der Waals surface area contributed by atoms with Crippen LogP contribution in [0.5, 0.6) is 0 Å². The summed E-state index contributed by atoms with van der Waals surface area (Å²) in [4.78, 5) is 22.8. The molecule has 6 nitrogen and oxygen atoms in total. The van der Waals surface area contributed by atoms with Gasteiger partial charge in [-0.2, -0.15) is 5.10 Å². The number of H-pyrrole nitrogens is 1. The van der Waals surface area contributed by atoms with Crippen molar-refractivity contribution in [2.75, 3.05) is 5.32 Å². The van der Waals surface area contributed by atoms with Crippen LogP contribution in [-0.2, 0) is 0 Å². The lowest BCUT2D eigenvalue weighted by Gasteiger charge is -2.08. The standard InChI is InChI=1S/C13H13N3O3/c1-7-3-4-9(13(18)19)6-10(7)14-12(17)11-5-8(2)15-16-11/h3-6H,1-2H3,(H,14,17)(H,15,16)(H,18,19). The molecule has 2 rings (SSSR count). The quantitative estimate of drug-likeness (QED) is 0.785. The zero-order valence-electron chi connectivity index (χ0n) is 10.5. The third-order valence-corrected chi connectivity index (χ3v) is 2.67. The van der Waals surface area contributed by atoms with Gasteiger partial charge in [0, 0.05) is 11.4 Å². The molecular formula is C13H13N3O3. The van der Waals surface area contributed by atoms with E-state index in [0.717, 1.165) is 11.3 Å². The van der Waals surface area contributed by atoms with Gasteiger partial charge >= 0.3 is 5.97 Å². The van der Waals surface area contributed by atoms with Crippen LogP contribution < -0.4 is 5.32 Å². The minimum absolute atomic E-state index is 0.124. The molecule has 3 N–H and O–H groups in total. The van der Waals surface area contributed by atoms with Crippen molar-refractivity contribution in [3.05, 3.63) is 46.8 Å². The third kappa shape index (κ3) is 2.79. The van der Waals surface area contributed by atoms with Crippen LogP contribution in [0.4, 0.5) is 5.69 Å². The summed E-state index contributed by atoms with van der Waals surface area (Å²) in [6.07, 6.45) is 0. The third-order valence-electron chi connectivity index (χ3n) is 2.67. The molecule has 1 aromatic carbocycles. The zero-order valence-corrected chi connectivity index (χ0v) is 10.5. The van der Waals surface area contributed by atoms with Gasteiger partial charge < -0.3 is 10.4 Å². The van der Waals surface area contributed by atoms with Crippen molar-refractivity contribution in [3.8, 4) is 0 Å². The van der Waals surface area contributed by atoms with Gasteiger partial charge in [-0.3, -0.25) is 9.89 Å². The highest BCUT2D eigenvalue weighted by molar-refractivity contribution is 6.04. The molecule has 19 heavy (non-hydrogen) atoms. The van der Waals surface area contributed by atoms with Crippen LogP contribution in [0.25, 0.3) is 0 Å². The Balaban J connectivity index is 2.25. The highest BCUT2D eigenvalue weighted by atomic mass is 16.4. The molecule has 1 amide bonds. The van der Waals surface area contributed by atoms with Crippen LogP contribution in [0, 0.1) is 13.8 Å². The van der Waals surface area contributed by atoms with Gasteiger partial charge in [0.1, 0.15) is 0 Å². The van der Waals surface area contributed by atoms with Gasteiger partial charge in [-0.1, -0.05) is 6.07 Å². The van der Waals surface area contributed by atoms with Gasteiger partial charge in [0.15, 0.2) is 5.69 Å². The molecule has 2 aromatic rings. The second-order valence-corrected chi connectivity index (χ2v) is 4.23. The maximum absolute atomic E-state index is 11.9. The summed E-state index contributed by atoms with van der Waals surface area (Å²) in [6, 6.07) is 6.18. The number of hydrogen-bond acceptors (Lipinski definition) is 3. The van der Waals surface area contributed by atoms with E-state index in [1.165, 1.54) is 12.1 Å². The number of hydrogen-bond donors (Lipinski definition) is 3. The fraction of sp³-hybridized carbons (Fsp3) is 0.154. The Morgan fingerprint density at radius 1 is 1.26 bits per heavy atom. The number of carboxylic acid groups (broad SMARTS) is 1. The van der Waals surface area contributed by atoms with Crippen molar-refractivity contribution in [1.29, 1.82) is 0 Å². The molecule has 0 bridgehead atoms. The maximum Gasteiger partial charge on any atom is 0.335 e. The number of benzene rings is 1. The molecule has 0 fully saturated rings. The predicted octanol–water partition coefficient (Wildman–Crippen LogP) is 1.98. The minimum atomic E-state index is -1.04. The first-order chi connectivity index (χ1) is 8.97. The Labute approximate surface area is 109 Å². The molecule has 1 heterocycles. The van der Waals surface area contributed by atoms with Crippen molar-refractivity contribution < 1.29 is 14.7 Å². The average Bonchev–Trinajstić information content (AvgIpc) is 2.78. The van der Waals surface area contributed by atoms with E-state index in [1.54, 1.807) is 26.0 Å². The molecule has 0 aliphatic heterocycles. The first kappa shape index (κ1) is 12.8. The van der Waals surface area contributed by atoms with E-state index in [-0.39, 0.29) is 17.2 Å². The van der Waals surface area contributed by atoms with Crippen LogP contribution in [0.3, 0.4) is 0 Å². The van der Waals surface area contributed by atoms with Gasteiger partial charge in [0.25, 0.3) is 5.91 Å². The largest absolute Gasteiger partial charge is 0.478 e. The normalized spacial score (nSPS) is 10.2. The van der Waals surface area contributed by atoms with Crippen molar-refractivity contribution in [1.82, 2.24) is 10.2 Å². The van der Waals surface area contributed by atoms with Crippen LogP contribution >= 0.6 is 0 Å². The van der Waals surface area contributed by atoms with E-state index < -0.39 is 5.97 Å². The van der Waals surface area contributed by atoms with Gasteiger partial charge in [0.2, 0.25) is 0 Å². The van der Waals surface area contributed by atoms with Gasteiger partial charge in [-0.15, -0.1) is 0 Å². The Morgan fingerprint density at radius 3 is 2.58 bits per heavy atom. The predicted molar refractivity (Wildman–Crippen MR) is 69.4 cm³/mol. The molecular weight excluding hydrogens is 246 g/mol.